The van der Waals surface area contributed by atoms with E-state index in [1.807, 2.05) is 11.8 Å². The van der Waals surface area contributed by atoms with Gasteiger partial charge < -0.3 is 5.32 Å². The van der Waals surface area contributed by atoms with Crippen LogP contribution in [0.15, 0.2) is 56.7 Å². The summed E-state index contributed by atoms with van der Waals surface area (Å²) in [6.07, 6.45) is 1.17. The van der Waals surface area contributed by atoms with Crippen molar-refractivity contribution < 1.29 is 0 Å². The van der Waals surface area contributed by atoms with Gasteiger partial charge in [0.2, 0.25) is 0 Å². The van der Waals surface area contributed by atoms with Gasteiger partial charge in [0.25, 0.3) is 0 Å². The molecule has 0 saturated heterocycles. The molecule has 20 heavy (non-hydrogen) atoms. The Balaban J connectivity index is 2.07. The van der Waals surface area contributed by atoms with Crippen molar-refractivity contribution >= 4 is 27.7 Å². The van der Waals surface area contributed by atoms with Crippen molar-refractivity contribution in [3.05, 3.63) is 58.1 Å². The third kappa shape index (κ3) is 4.37. The monoisotopic (exact) mass is 349 g/mol. The molecule has 3 heteroatoms. The second-order valence-electron chi connectivity index (χ2n) is 4.80. The van der Waals surface area contributed by atoms with E-state index in [1.165, 1.54) is 31.8 Å². The largest absolute Gasteiger partial charge is 0.313 e. The molecule has 0 bridgehead atoms. The number of halogens is 1. The summed E-state index contributed by atoms with van der Waals surface area (Å²) in [4.78, 5) is 2.58. The van der Waals surface area contributed by atoms with Gasteiger partial charge in [0.15, 0.2) is 0 Å². The van der Waals surface area contributed by atoms with Gasteiger partial charge in [-0.1, -0.05) is 58.9 Å². The fraction of sp³-hybridized carbons (Fsp3) is 0.294. The summed E-state index contributed by atoms with van der Waals surface area (Å²) >= 11 is 5.49. The Hall–Kier alpha value is -0.770. The maximum Gasteiger partial charge on any atom is 0.0231 e. The Kier molecular flexibility index (Phi) is 6.14. The highest BCUT2D eigenvalue weighted by Crippen LogP contribution is 2.32. The van der Waals surface area contributed by atoms with Crippen LogP contribution in [0.3, 0.4) is 0 Å². The molecule has 0 atom stereocenters. The predicted octanol–water partition coefficient (Wildman–Crippen LogP) is 5.41. The zero-order valence-corrected chi connectivity index (χ0v) is 14.4. The molecule has 1 nitrogen and oxygen atoms in total. The maximum atomic E-state index is 3.68. The SMILES string of the molecule is CCCNCc1ccc(Sc2ccccc2C)cc1Br. The molecular formula is C17H20BrNS. The van der Waals surface area contributed by atoms with Gasteiger partial charge in [0, 0.05) is 20.8 Å². The Morgan fingerprint density at radius 2 is 1.95 bits per heavy atom. The molecule has 106 valence electrons. The first-order valence-electron chi connectivity index (χ1n) is 6.93. The van der Waals surface area contributed by atoms with Gasteiger partial charge in [-0.15, -0.1) is 0 Å². The van der Waals surface area contributed by atoms with E-state index in [4.69, 9.17) is 0 Å². The molecule has 0 unspecified atom stereocenters. The Bertz CT molecular complexity index is 569. The lowest BCUT2D eigenvalue weighted by Gasteiger charge is -2.09. The molecule has 0 heterocycles. The summed E-state index contributed by atoms with van der Waals surface area (Å²) in [6, 6.07) is 15.1. The standard InChI is InChI=1S/C17H20BrNS/c1-3-10-19-12-14-8-9-15(11-16(14)18)20-17-7-5-4-6-13(17)2/h4-9,11,19H,3,10,12H2,1-2H3. The molecule has 0 amide bonds. The number of hydrogen-bond acceptors (Lipinski definition) is 2. The molecule has 0 aliphatic heterocycles. The van der Waals surface area contributed by atoms with Crippen molar-refractivity contribution in [1.29, 1.82) is 0 Å². The Morgan fingerprint density at radius 1 is 1.15 bits per heavy atom. The van der Waals surface area contributed by atoms with Crippen molar-refractivity contribution in [2.45, 2.75) is 36.6 Å². The van der Waals surface area contributed by atoms with Crippen LogP contribution in [0, 0.1) is 6.92 Å². The van der Waals surface area contributed by atoms with Crippen LogP contribution in [0.2, 0.25) is 0 Å². The molecule has 2 rings (SSSR count). The van der Waals surface area contributed by atoms with E-state index < -0.39 is 0 Å². The molecule has 0 aromatic heterocycles. The highest BCUT2D eigenvalue weighted by Gasteiger charge is 2.04. The maximum absolute atomic E-state index is 3.68. The van der Waals surface area contributed by atoms with Crippen molar-refractivity contribution in [2.24, 2.45) is 0 Å². The second-order valence-corrected chi connectivity index (χ2v) is 6.77. The van der Waals surface area contributed by atoms with E-state index >= 15 is 0 Å². The molecule has 0 saturated carbocycles. The van der Waals surface area contributed by atoms with E-state index in [0.29, 0.717) is 0 Å². The molecule has 0 aliphatic carbocycles. The van der Waals surface area contributed by atoms with E-state index in [-0.39, 0.29) is 0 Å². The number of aryl methyl sites for hydroxylation is 1. The zero-order chi connectivity index (χ0) is 14.4. The molecule has 0 radical (unpaired) electrons. The van der Waals surface area contributed by atoms with E-state index in [2.05, 4.69) is 77.6 Å². The zero-order valence-electron chi connectivity index (χ0n) is 11.9. The average molecular weight is 350 g/mol. The lowest BCUT2D eigenvalue weighted by atomic mass is 10.2. The van der Waals surface area contributed by atoms with Crippen molar-refractivity contribution in [1.82, 2.24) is 5.32 Å². The molecular weight excluding hydrogens is 330 g/mol. The third-order valence-corrected chi connectivity index (χ3v) is 4.99. The topological polar surface area (TPSA) is 12.0 Å². The second kappa shape index (κ2) is 7.87. The minimum absolute atomic E-state index is 0.920. The first-order chi connectivity index (χ1) is 9.70. The summed E-state index contributed by atoms with van der Waals surface area (Å²) in [5, 5.41) is 3.43. The minimum atomic E-state index is 0.920. The fourth-order valence-electron chi connectivity index (χ4n) is 1.93. The highest BCUT2D eigenvalue weighted by molar-refractivity contribution is 9.10. The highest BCUT2D eigenvalue weighted by atomic mass is 79.9. The normalized spacial score (nSPS) is 10.8. The van der Waals surface area contributed by atoms with Crippen molar-refractivity contribution in [3.8, 4) is 0 Å². The summed E-state index contributed by atoms with van der Waals surface area (Å²) in [7, 11) is 0. The number of hydrogen-bond donors (Lipinski definition) is 1. The summed E-state index contributed by atoms with van der Waals surface area (Å²) in [6.45, 7) is 6.32. The van der Waals surface area contributed by atoms with Gasteiger partial charge >= 0.3 is 0 Å². The molecule has 2 aromatic carbocycles. The van der Waals surface area contributed by atoms with E-state index in [1.54, 1.807) is 0 Å². The van der Waals surface area contributed by atoms with Crippen molar-refractivity contribution in [3.63, 3.8) is 0 Å². The smallest absolute Gasteiger partial charge is 0.0231 e. The van der Waals surface area contributed by atoms with Crippen LogP contribution in [0.25, 0.3) is 0 Å². The van der Waals surface area contributed by atoms with Crippen LogP contribution in [0.4, 0.5) is 0 Å². The van der Waals surface area contributed by atoms with Gasteiger partial charge in [-0.2, -0.15) is 0 Å². The Labute approximate surface area is 134 Å². The van der Waals surface area contributed by atoms with Gasteiger partial charge in [0.1, 0.15) is 0 Å². The summed E-state index contributed by atoms with van der Waals surface area (Å²) < 4.78 is 1.18. The first kappa shape index (κ1) is 15.6. The van der Waals surface area contributed by atoms with Crippen molar-refractivity contribution in [2.75, 3.05) is 6.54 Å². The molecule has 0 fully saturated rings. The van der Waals surface area contributed by atoms with Gasteiger partial charge in [-0.05, 0) is 49.2 Å². The van der Waals surface area contributed by atoms with Crippen LogP contribution in [0.5, 0.6) is 0 Å². The number of nitrogens with one attached hydrogen (secondary N) is 1. The lowest BCUT2D eigenvalue weighted by Crippen LogP contribution is -2.14. The van der Waals surface area contributed by atoms with Crippen LogP contribution < -0.4 is 5.32 Å². The Morgan fingerprint density at radius 3 is 2.65 bits per heavy atom. The van der Waals surface area contributed by atoms with E-state index in [9.17, 15) is 0 Å². The van der Waals surface area contributed by atoms with Crippen LogP contribution in [0.1, 0.15) is 24.5 Å². The lowest BCUT2D eigenvalue weighted by molar-refractivity contribution is 0.673. The molecule has 0 aliphatic rings. The van der Waals surface area contributed by atoms with Gasteiger partial charge in [-0.25, -0.2) is 0 Å². The summed E-state index contributed by atoms with van der Waals surface area (Å²) in [5.74, 6) is 0. The van der Waals surface area contributed by atoms with Gasteiger partial charge in [-0.3, -0.25) is 0 Å². The molecule has 0 spiro atoms. The van der Waals surface area contributed by atoms with Crippen LogP contribution in [-0.4, -0.2) is 6.54 Å². The van der Waals surface area contributed by atoms with Gasteiger partial charge in [0.05, 0.1) is 0 Å². The van der Waals surface area contributed by atoms with E-state index in [0.717, 1.165) is 13.1 Å². The fourth-order valence-corrected chi connectivity index (χ4v) is 3.55. The number of benzene rings is 2. The quantitative estimate of drug-likeness (QED) is 0.699. The third-order valence-electron chi connectivity index (χ3n) is 3.09. The molecule has 1 N–H and O–H groups in total. The minimum Gasteiger partial charge on any atom is -0.313 e. The average Bonchev–Trinajstić information content (AvgIpc) is 2.44. The predicted molar refractivity (Wildman–Crippen MR) is 91.4 cm³/mol. The van der Waals surface area contributed by atoms with Crippen LogP contribution in [-0.2, 0) is 6.54 Å². The summed E-state index contributed by atoms with van der Waals surface area (Å²) in [5.41, 5.74) is 2.63. The van der Waals surface area contributed by atoms with Crippen LogP contribution >= 0.6 is 27.7 Å². The first-order valence-corrected chi connectivity index (χ1v) is 8.54. The number of rotatable bonds is 6. The molecule has 2 aromatic rings.